The van der Waals surface area contributed by atoms with Gasteiger partial charge in [-0.2, -0.15) is 0 Å². The first-order valence-electron chi connectivity index (χ1n) is 8.75. The van der Waals surface area contributed by atoms with E-state index in [0.29, 0.717) is 30.4 Å². The predicted molar refractivity (Wildman–Crippen MR) is 95.7 cm³/mol. The minimum absolute atomic E-state index is 0.0134. The Balaban J connectivity index is 1.77. The van der Waals surface area contributed by atoms with Crippen LogP contribution in [0.3, 0.4) is 0 Å². The SMILES string of the molecule is CC(CC(=O)NCc1ccc(C(=O)N(C)C)cc1)C1CCCNC1. The molecule has 2 amide bonds. The molecular formula is C19H29N3O2. The molecule has 0 saturated carbocycles. The van der Waals surface area contributed by atoms with E-state index in [2.05, 4.69) is 17.6 Å². The number of nitrogens with one attached hydrogen (secondary N) is 2. The molecule has 0 aromatic heterocycles. The number of hydrogen-bond acceptors (Lipinski definition) is 3. The monoisotopic (exact) mass is 331 g/mol. The van der Waals surface area contributed by atoms with Crippen LogP contribution in [0.15, 0.2) is 24.3 Å². The quantitative estimate of drug-likeness (QED) is 0.838. The van der Waals surface area contributed by atoms with Gasteiger partial charge >= 0.3 is 0 Å². The fourth-order valence-corrected chi connectivity index (χ4v) is 3.12. The Morgan fingerprint density at radius 2 is 2.00 bits per heavy atom. The molecule has 2 atom stereocenters. The number of amides is 2. The number of hydrogen-bond donors (Lipinski definition) is 2. The van der Waals surface area contributed by atoms with E-state index in [4.69, 9.17) is 0 Å². The molecule has 24 heavy (non-hydrogen) atoms. The molecule has 0 radical (unpaired) electrons. The van der Waals surface area contributed by atoms with Gasteiger partial charge in [-0.15, -0.1) is 0 Å². The summed E-state index contributed by atoms with van der Waals surface area (Å²) in [6.07, 6.45) is 2.99. The van der Waals surface area contributed by atoms with Crippen LogP contribution in [0.2, 0.25) is 0 Å². The van der Waals surface area contributed by atoms with Crippen molar-refractivity contribution in [1.82, 2.24) is 15.5 Å². The van der Waals surface area contributed by atoms with Crippen molar-refractivity contribution in [3.63, 3.8) is 0 Å². The molecule has 0 aliphatic carbocycles. The minimum Gasteiger partial charge on any atom is -0.352 e. The van der Waals surface area contributed by atoms with Gasteiger partial charge in [0.2, 0.25) is 5.91 Å². The van der Waals surface area contributed by atoms with Gasteiger partial charge in [0.05, 0.1) is 0 Å². The second kappa shape index (κ2) is 8.83. The van der Waals surface area contributed by atoms with Gasteiger partial charge in [-0.1, -0.05) is 19.1 Å². The maximum Gasteiger partial charge on any atom is 0.253 e. The zero-order valence-corrected chi connectivity index (χ0v) is 15.0. The third kappa shape index (κ3) is 5.34. The first-order valence-corrected chi connectivity index (χ1v) is 8.75. The lowest BCUT2D eigenvalue weighted by atomic mass is 9.85. The fourth-order valence-electron chi connectivity index (χ4n) is 3.12. The Morgan fingerprint density at radius 3 is 2.58 bits per heavy atom. The van der Waals surface area contributed by atoms with E-state index in [9.17, 15) is 9.59 Å². The van der Waals surface area contributed by atoms with Crippen molar-refractivity contribution < 1.29 is 9.59 Å². The van der Waals surface area contributed by atoms with Crippen molar-refractivity contribution in [2.45, 2.75) is 32.7 Å². The molecule has 1 fully saturated rings. The predicted octanol–water partition coefficient (Wildman–Crippen LogP) is 2.03. The number of rotatable bonds is 6. The highest BCUT2D eigenvalue weighted by atomic mass is 16.2. The highest BCUT2D eigenvalue weighted by molar-refractivity contribution is 5.93. The summed E-state index contributed by atoms with van der Waals surface area (Å²) in [5.41, 5.74) is 1.67. The van der Waals surface area contributed by atoms with Gasteiger partial charge in [0.1, 0.15) is 0 Å². The molecule has 2 N–H and O–H groups in total. The molecule has 132 valence electrons. The molecule has 0 bridgehead atoms. The molecule has 1 heterocycles. The average Bonchev–Trinajstić information content (AvgIpc) is 2.60. The zero-order chi connectivity index (χ0) is 17.5. The number of nitrogens with zero attached hydrogens (tertiary/aromatic N) is 1. The van der Waals surface area contributed by atoms with Crippen LogP contribution in [0.4, 0.5) is 0 Å². The smallest absolute Gasteiger partial charge is 0.253 e. The molecule has 1 saturated heterocycles. The second-order valence-corrected chi connectivity index (χ2v) is 6.96. The van der Waals surface area contributed by atoms with Gasteiger partial charge in [-0.25, -0.2) is 0 Å². The van der Waals surface area contributed by atoms with Crippen LogP contribution in [0.1, 0.15) is 42.1 Å². The minimum atomic E-state index is -0.0134. The van der Waals surface area contributed by atoms with Crippen molar-refractivity contribution in [3.8, 4) is 0 Å². The summed E-state index contributed by atoms with van der Waals surface area (Å²) in [6, 6.07) is 7.40. The standard InChI is InChI=1S/C19H29N3O2/c1-14(17-5-4-10-20-13-17)11-18(23)21-12-15-6-8-16(9-7-15)19(24)22(2)3/h6-9,14,17,20H,4-5,10-13H2,1-3H3,(H,21,23). The van der Waals surface area contributed by atoms with Crippen molar-refractivity contribution in [3.05, 3.63) is 35.4 Å². The normalized spacial score (nSPS) is 18.7. The van der Waals surface area contributed by atoms with Crippen molar-refractivity contribution >= 4 is 11.8 Å². The van der Waals surface area contributed by atoms with E-state index in [1.165, 1.54) is 12.8 Å². The summed E-state index contributed by atoms with van der Waals surface area (Å²) in [5.74, 6) is 1.08. The molecule has 5 nitrogen and oxygen atoms in total. The molecule has 2 rings (SSSR count). The molecule has 1 aromatic carbocycles. The molecule has 1 aliphatic heterocycles. The summed E-state index contributed by atoms with van der Waals surface area (Å²) >= 11 is 0. The van der Waals surface area contributed by atoms with Gasteiger partial charge in [-0.3, -0.25) is 9.59 Å². The Hall–Kier alpha value is -1.88. The van der Waals surface area contributed by atoms with Crippen molar-refractivity contribution in [2.24, 2.45) is 11.8 Å². The van der Waals surface area contributed by atoms with E-state index in [1.807, 2.05) is 12.1 Å². The van der Waals surface area contributed by atoms with Gasteiger partial charge in [0.15, 0.2) is 0 Å². The maximum absolute atomic E-state index is 12.1. The number of piperidine rings is 1. The molecule has 1 aliphatic rings. The van der Waals surface area contributed by atoms with Crippen LogP contribution < -0.4 is 10.6 Å². The third-order valence-corrected chi connectivity index (χ3v) is 4.74. The topological polar surface area (TPSA) is 61.4 Å². The zero-order valence-electron chi connectivity index (χ0n) is 15.0. The van der Waals surface area contributed by atoms with E-state index in [0.717, 1.165) is 18.7 Å². The van der Waals surface area contributed by atoms with Crippen LogP contribution in [0.5, 0.6) is 0 Å². The van der Waals surface area contributed by atoms with Crippen LogP contribution in [-0.2, 0) is 11.3 Å². The van der Waals surface area contributed by atoms with Crippen LogP contribution >= 0.6 is 0 Å². The van der Waals surface area contributed by atoms with E-state index < -0.39 is 0 Å². The number of benzene rings is 1. The Bertz CT molecular complexity index is 548. The van der Waals surface area contributed by atoms with Gasteiger partial charge < -0.3 is 15.5 Å². The number of carbonyl (C=O) groups is 2. The first kappa shape index (κ1) is 18.5. The van der Waals surface area contributed by atoms with Crippen LogP contribution in [0, 0.1) is 11.8 Å². The lowest BCUT2D eigenvalue weighted by molar-refractivity contribution is -0.122. The van der Waals surface area contributed by atoms with E-state index in [1.54, 1.807) is 31.1 Å². The summed E-state index contributed by atoms with van der Waals surface area (Å²) in [5, 5.41) is 6.39. The highest BCUT2D eigenvalue weighted by Gasteiger charge is 2.21. The van der Waals surface area contributed by atoms with E-state index in [-0.39, 0.29) is 11.8 Å². The maximum atomic E-state index is 12.1. The van der Waals surface area contributed by atoms with Gasteiger partial charge in [0, 0.05) is 32.6 Å². The van der Waals surface area contributed by atoms with E-state index >= 15 is 0 Å². The largest absolute Gasteiger partial charge is 0.352 e. The highest BCUT2D eigenvalue weighted by Crippen LogP contribution is 2.22. The van der Waals surface area contributed by atoms with Crippen molar-refractivity contribution in [2.75, 3.05) is 27.2 Å². The van der Waals surface area contributed by atoms with Crippen LogP contribution in [0.25, 0.3) is 0 Å². The van der Waals surface area contributed by atoms with Gasteiger partial charge in [0.25, 0.3) is 5.91 Å². The Kier molecular flexibility index (Phi) is 6.79. The summed E-state index contributed by atoms with van der Waals surface area (Å²) in [7, 11) is 3.47. The lowest BCUT2D eigenvalue weighted by Gasteiger charge is -2.28. The van der Waals surface area contributed by atoms with Crippen molar-refractivity contribution in [1.29, 1.82) is 0 Å². The molecular weight excluding hydrogens is 302 g/mol. The molecule has 0 spiro atoms. The molecule has 1 aromatic rings. The summed E-state index contributed by atoms with van der Waals surface area (Å²) < 4.78 is 0. The first-order chi connectivity index (χ1) is 11.5. The Morgan fingerprint density at radius 1 is 1.29 bits per heavy atom. The summed E-state index contributed by atoms with van der Waals surface area (Å²) in [4.78, 5) is 25.5. The third-order valence-electron chi connectivity index (χ3n) is 4.74. The number of carbonyl (C=O) groups excluding carboxylic acids is 2. The summed E-state index contributed by atoms with van der Waals surface area (Å²) in [6.45, 7) is 4.79. The molecule has 2 unspecified atom stereocenters. The second-order valence-electron chi connectivity index (χ2n) is 6.96. The Labute approximate surface area is 144 Å². The fraction of sp³-hybridized carbons (Fsp3) is 0.579. The van der Waals surface area contributed by atoms with Crippen LogP contribution in [-0.4, -0.2) is 43.9 Å². The molecule has 5 heteroatoms. The average molecular weight is 331 g/mol. The van der Waals surface area contributed by atoms with Gasteiger partial charge in [-0.05, 0) is 55.5 Å². The lowest BCUT2D eigenvalue weighted by Crippen LogP contribution is -2.35.